The summed E-state index contributed by atoms with van der Waals surface area (Å²) in [7, 11) is 0. The molecule has 0 heterocycles. The molecule has 0 bridgehead atoms. The Bertz CT molecular complexity index is 413. The van der Waals surface area contributed by atoms with E-state index in [9.17, 15) is 14.4 Å². The van der Waals surface area contributed by atoms with Gasteiger partial charge in [0.1, 0.15) is 5.78 Å². The molecule has 0 saturated heterocycles. The van der Waals surface area contributed by atoms with Crippen LogP contribution in [-0.4, -0.2) is 35.2 Å². The Hall–Kier alpha value is -0.530. The predicted molar refractivity (Wildman–Crippen MR) is 93.3 cm³/mol. The van der Waals surface area contributed by atoms with Crippen LogP contribution in [-0.2, 0) is 18.5 Å². The van der Waals surface area contributed by atoms with Crippen LogP contribution in [0.25, 0.3) is 0 Å². The second-order valence-electron chi connectivity index (χ2n) is 5.73. The topological polar surface area (TPSA) is 69.7 Å². The van der Waals surface area contributed by atoms with Gasteiger partial charge < -0.3 is 13.7 Å². The van der Waals surface area contributed by atoms with Gasteiger partial charge in [-0.2, -0.15) is 0 Å². The lowest BCUT2D eigenvalue weighted by molar-refractivity contribution is -0.147. The molecule has 1 fully saturated rings. The minimum atomic E-state index is -0.150. The lowest BCUT2D eigenvalue weighted by Crippen LogP contribution is -2.15. The van der Waals surface area contributed by atoms with Crippen molar-refractivity contribution in [2.45, 2.75) is 46.5 Å². The minimum Gasteiger partial charge on any atom is -0.466 e. The van der Waals surface area contributed by atoms with Crippen molar-refractivity contribution in [3.05, 3.63) is 0 Å². The molecule has 0 radical (unpaired) electrons. The first-order chi connectivity index (χ1) is 11.0. The van der Waals surface area contributed by atoms with E-state index in [0.29, 0.717) is 31.3 Å². The lowest BCUT2D eigenvalue weighted by Gasteiger charge is -2.17. The van der Waals surface area contributed by atoms with E-state index in [0.717, 1.165) is 31.3 Å². The predicted octanol–water partition coefficient (Wildman–Crippen LogP) is 4.10. The van der Waals surface area contributed by atoms with Crippen LogP contribution in [0.4, 0.5) is 4.79 Å². The molecule has 132 valence electrons. The largest absolute Gasteiger partial charge is 0.466 e. The van der Waals surface area contributed by atoms with Crippen LogP contribution in [0.3, 0.4) is 0 Å². The van der Waals surface area contributed by atoms with Crippen molar-refractivity contribution in [2.75, 3.05) is 19.0 Å². The van der Waals surface area contributed by atoms with E-state index in [1.165, 1.54) is 11.8 Å². The van der Waals surface area contributed by atoms with Crippen molar-refractivity contribution in [3.63, 3.8) is 0 Å². The number of carbonyl (C=O) groups is 3. The molecule has 5 nitrogen and oxygen atoms in total. The monoisotopic (exact) mass is 362 g/mol. The van der Waals surface area contributed by atoms with Gasteiger partial charge in [0, 0.05) is 12.2 Å². The van der Waals surface area contributed by atoms with E-state index in [2.05, 4.69) is 0 Å². The summed E-state index contributed by atoms with van der Waals surface area (Å²) in [5, 5.41) is 0. The normalized spacial score (nSPS) is 23.7. The fourth-order valence-electron chi connectivity index (χ4n) is 2.92. The minimum absolute atomic E-state index is 0.0586. The van der Waals surface area contributed by atoms with E-state index in [-0.39, 0.29) is 28.0 Å². The van der Waals surface area contributed by atoms with Crippen LogP contribution >= 0.6 is 23.8 Å². The van der Waals surface area contributed by atoms with Crippen molar-refractivity contribution in [1.29, 1.82) is 0 Å². The summed E-state index contributed by atoms with van der Waals surface area (Å²) in [5.41, 5.74) is 0. The standard InChI is InChI=1S/C16H26O5S2/c1-4-20-15(18)13-8-12(7-6-11(3)17)14(9-13)10-22-16(19)23-21-5-2/h12-14H,4-10H2,1-3H3. The Morgan fingerprint density at radius 2 is 1.78 bits per heavy atom. The molecule has 0 aromatic carbocycles. The summed E-state index contributed by atoms with van der Waals surface area (Å²) in [5.74, 6) is 1.14. The molecule has 0 amide bonds. The number of ketones is 1. The maximum absolute atomic E-state index is 12.0. The number of carbonyl (C=O) groups excluding carboxylic acids is 3. The Balaban J connectivity index is 2.54. The van der Waals surface area contributed by atoms with E-state index in [4.69, 9.17) is 8.92 Å². The summed E-state index contributed by atoms with van der Waals surface area (Å²) in [4.78, 5) is 34.9. The summed E-state index contributed by atoms with van der Waals surface area (Å²) in [6, 6.07) is 0. The molecule has 7 heteroatoms. The zero-order valence-corrected chi connectivity index (χ0v) is 15.7. The first kappa shape index (κ1) is 20.5. The number of hydrogen-bond acceptors (Lipinski definition) is 7. The highest BCUT2D eigenvalue weighted by Gasteiger charge is 2.38. The SMILES string of the molecule is CCOSC(=O)SCC1CC(C(=O)OCC)CC1CCC(C)=O. The number of hydrogen-bond donors (Lipinski definition) is 0. The molecular weight excluding hydrogens is 336 g/mol. The highest BCUT2D eigenvalue weighted by molar-refractivity contribution is 8.36. The quantitative estimate of drug-likeness (QED) is 0.452. The molecule has 3 unspecified atom stereocenters. The fraction of sp³-hybridized carbons (Fsp3) is 0.812. The second-order valence-corrected chi connectivity index (χ2v) is 7.76. The Labute approximate surface area is 146 Å². The van der Waals surface area contributed by atoms with Gasteiger partial charge in [-0.3, -0.25) is 9.59 Å². The molecule has 0 aliphatic heterocycles. The van der Waals surface area contributed by atoms with E-state index in [1.807, 2.05) is 6.92 Å². The molecule has 0 N–H and O–H groups in total. The van der Waals surface area contributed by atoms with Gasteiger partial charge in [-0.25, -0.2) is 0 Å². The third-order valence-electron chi connectivity index (χ3n) is 3.99. The van der Waals surface area contributed by atoms with Crippen LogP contribution in [0.5, 0.6) is 0 Å². The smallest absolute Gasteiger partial charge is 0.308 e. The van der Waals surface area contributed by atoms with Crippen molar-refractivity contribution >= 4 is 40.0 Å². The van der Waals surface area contributed by atoms with Crippen molar-refractivity contribution in [1.82, 2.24) is 0 Å². The highest BCUT2D eigenvalue weighted by Crippen LogP contribution is 2.42. The van der Waals surface area contributed by atoms with Gasteiger partial charge in [0.15, 0.2) is 0 Å². The van der Waals surface area contributed by atoms with Gasteiger partial charge in [-0.05, 0) is 51.9 Å². The Kier molecular flexibility index (Phi) is 9.90. The molecule has 0 aromatic rings. The number of esters is 1. The van der Waals surface area contributed by atoms with Crippen LogP contribution in [0.15, 0.2) is 0 Å². The zero-order chi connectivity index (χ0) is 17.2. The van der Waals surface area contributed by atoms with Crippen molar-refractivity contribution in [3.8, 4) is 0 Å². The van der Waals surface area contributed by atoms with Crippen LogP contribution in [0.2, 0.25) is 0 Å². The highest BCUT2D eigenvalue weighted by atomic mass is 32.2. The van der Waals surface area contributed by atoms with Gasteiger partial charge in [-0.1, -0.05) is 11.8 Å². The summed E-state index contributed by atoms with van der Waals surface area (Å²) >= 11 is 2.11. The molecule has 0 aromatic heterocycles. The summed E-state index contributed by atoms with van der Waals surface area (Å²) in [6.45, 7) is 6.10. The third-order valence-corrected chi connectivity index (χ3v) is 5.87. The molecule has 1 aliphatic rings. The van der Waals surface area contributed by atoms with E-state index in [1.54, 1.807) is 13.8 Å². The number of thioether (sulfide) groups is 1. The van der Waals surface area contributed by atoms with Crippen LogP contribution in [0, 0.1) is 17.8 Å². The van der Waals surface area contributed by atoms with Gasteiger partial charge in [0.25, 0.3) is 4.45 Å². The first-order valence-electron chi connectivity index (χ1n) is 8.10. The van der Waals surface area contributed by atoms with E-state index >= 15 is 0 Å². The van der Waals surface area contributed by atoms with E-state index < -0.39 is 0 Å². The summed E-state index contributed by atoms with van der Waals surface area (Å²) < 4.78 is 10.1. The second kappa shape index (κ2) is 11.1. The van der Waals surface area contributed by atoms with Crippen LogP contribution < -0.4 is 0 Å². The maximum Gasteiger partial charge on any atom is 0.308 e. The third kappa shape index (κ3) is 7.72. The lowest BCUT2D eigenvalue weighted by atomic mass is 9.92. The Morgan fingerprint density at radius 1 is 1.09 bits per heavy atom. The van der Waals surface area contributed by atoms with Gasteiger partial charge in [0.2, 0.25) is 0 Å². The number of rotatable bonds is 9. The molecule has 1 aliphatic carbocycles. The van der Waals surface area contributed by atoms with Gasteiger partial charge in [-0.15, -0.1) is 0 Å². The molecule has 23 heavy (non-hydrogen) atoms. The number of Topliss-reactive ketones (excluding diaryl/α,β-unsaturated/α-hetero) is 1. The Morgan fingerprint density at radius 3 is 2.39 bits per heavy atom. The molecule has 0 spiro atoms. The molecule has 3 atom stereocenters. The van der Waals surface area contributed by atoms with Gasteiger partial charge in [0.05, 0.1) is 31.2 Å². The van der Waals surface area contributed by atoms with Gasteiger partial charge >= 0.3 is 5.97 Å². The average Bonchev–Trinajstić information content (AvgIpc) is 2.92. The number of ether oxygens (including phenoxy) is 1. The maximum atomic E-state index is 12.0. The van der Waals surface area contributed by atoms with Crippen molar-refractivity contribution in [2.24, 2.45) is 17.8 Å². The molecular formula is C16H26O5S2. The molecule has 1 saturated carbocycles. The van der Waals surface area contributed by atoms with Crippen LogP contribution in [0.1, 0.15) is 46.5 Å². The fourth-order valence-corrected chi connectivity index (χ4v) is 4.43. The zero-order valence-electron chi connectivity index (χ0n) is 14.0. The average molecular weight is 363 g/mol. The van der Waals surface area contributed by atoms with Crippen molar-refractivity contribution < 1.29 is 23.3 Å². The first-order valence-corrected chi connectivity index (χ1v) is 9.82. The summed E-state index contributed by atoms with van der Waals surface area (Å²) in [6.07, 6.45) is 2.80. The molecule has 1 rings (SSSR count).